The Bertz CT molecular complexity index is 198. The van der Waals surface area contributed by atoms with Gasteiger partial charge >= 0.3 is 0 Å². The number of carbonyl (C=O) groups is 1. The summed E-state index contributed by atoms with van der Waals surface area (Å²) in [6.45, 7) is 14.9. The van der Waals surface area contributed by atoms with Crippen LogP contribution in [-0.4, -0.2) is 42.2 Å². The number of nitrogens with zero attached hydrogens (tertiary/aromatic N) is 1. The minimum atomic E-state index is -0.250. The van der Waals surface area contributed by atoms with Gasteiger partial charge in [0.25, 0.3) is 6.47 Å². The molecule has 0 atom stereocenters. The third-order valence-electron chi connectivity index (χ3n) is 4.94. The molecule has 146 valence electrons. The second kappa shape index (κ2) is 20.5. The van der Waals surface area contributed by atoms with Crippen molar-refractivity contribution in [2.75, 3.05) is 26.2 Å². The van der Waals surface area contributed by atoms with Crippen molar-refractivity contribution in [2.24, 2.45) is 0 Å². The van der Waals surface area contributed by atoms with E-state index in [1.54, 1.807) is 0 Å². The van der Waals surface area contributed by atoms with E-state index in [2.05, 4.69) is 27.7 Å². The van der Waals surface area contributed by atoms with Gasteiger partial charge in [-0.15, -0.1) is 0 Å². The highest BCUT2D eigenvalue weighted by Gasteiger charge is 2.25. The van der Waals surface area contributed by atoms with Crippen LogP contribution < -0.4 is 0 Å². The van der Waals surface area contributed by atoms with Crippen molar-refractivity contribution in [3.63, 3.8) is 0 Å². The predicted octanol–water partition coefficient (Wildman–Crippen LogP) is 6.26. The first-order valence-electron chi connectivity index (χ1n) is 10.6. The second-order valence-corrected chi connectivity index (χ2v) is 7.17. The molecular weight excluding hydrogens is 298 g/mol. The Labute approximate surface area is 152 Å². The van der Waals surface area contributed by atoms with E-state index in [0.29, 0.717) is 0 Å². The predicted molar refractivity (Wildman–Crippen MR) is 107 cm³/mol. The summed E-state index contributed by atoms with van der Waals surface area (Å²) in [5.41, 5.74) is 0. The molecule has 0 bridgehead atoms. The van der Waals surface area contributed by atoms with Gasteiger partial charge in [0, 0.05) is 0 Å². The molecule has 0 spiro atoms. The van der Waals surface area contributed by atoms with Gasteiger partial charge < -0.3 is 9.59 Å². The number of quaternary nitrogens is 1. The molecule has 0 saturated carbocycles. The van der Waals surface area contributed by atoms with Crippen LogP contribution in [0.5, 0.6) is 0 Å². The number of carboxylic acid groups (broad SMARTS) is 1. The number of hydrogen-bond acceptors (Lipinski definition) is 1. The SMILES string of the molecule is CCCCC[N+](CCCCC)(CCCCC)CCCCC.O=CO. The van der Waals surface area contributed by atoms with Crippen LogP contribution in [0.2, 0.25) is 0 Å². The van der Waals surface area contributed by atoms with Crippen molar-refractivity contribution in [3.8, 4) is 0 Å². The highest BCUT2D eigenvalue weighted by Crippen LogP contribution is 2.18. The Balaban J connectivity index is 0. The summed E-state index contributed by atoms with van der Waals surface area (Å²) >= 11 is 0. The molecule has 0 heterocycles. The van der Waals surface area contributed by atoms with Gasteiger partial charge in [-0.05, 0) is 51.4 Å². The van der Waals surface area contributed by atoms with E-state index in [9.17, 15) is 0 Å². The van der Waals surface area contributed by atoms with Gasteiger partial charge in [0.15, 0.2) is 0 Å². The van der Waals surface area contributed by atoms with E-state index in [0.717, 1.165) is 0 Å². The molecule has 0 amide bonds. The Morgan fingerprint density at radius 2 is 0.792 bits per heavy atom. The van der Waals surface area contributed by atoms with Crippen molar-refractivity contribution in [3.05, 3.63) is 0 Å². The Morgan fingerprint density at radius 1 is 0.583 bits per heavy atom. The summed E-state index contributed by atoms with van der Waals surface area (Å²) in [5, 5.41) is 6.89. The second-order valence-electron chi connectivity index (χ2n) is 7.17. The maximum absolute atomic E-state index is 8.36. The minimum absolute atomic E-state index is 0.250. The summed E-state index contributed by atoms with van der Waals surface area (Å²) in [6, 6.07) is 0. The molecule has 24 heavy (non-hydrogen) atoms. The van der Waals surface area contributed by atoms with E-state index < -0.39 is 0 Å². The molecule has 3 nitrogen and oxygen atoms in total. The first kappa shape index (κ1) is 25.7. The molecule has 3 heteroatoms. The van der Waals surface area contributed by atoms with Crippen LogP contribution in [0.1, 0.15) is 105 Å². The summed E-state index contributed by atoms with van der Waals surface area (Å²) < 4.78 is 1.44. The fourth-order valence-electron chi connectivity index (χ4n) is 3.46. The fourth-order valence-corrected chi connectivity index (χ4v) is 3.46. The Kier molecular flexibility index (Phi) is 21.9. The van der Waals surface area contributed by atoms with Gasteiger partial charge in [-0.3, -0.25) is 4.79 Å². The lowest BCUT2D eigenvalue weighted by Crippen LogP contribution is -2.50. The summed E-state index contributed by atoms with van der Waals surface area (Å²) in [5.74, 6) is 0. The summed E-state index contributed by atoms with van der Waals surface area (Å²) in [7, 11) is 0. The van der Waals surface area contributed by atoms with Crippen LogP contribution in [0, 0.1) is 0 Å². The zero-order valence-electron chi connectivity index (χ0n) is 17.2. The number of unbranched alkanes of at least 4 members (excludes halogenated alkanes) is 8. The maximum Gasteiger partial charge on any atom is 0.290 e. The van der Waals surface area contributed by atoms with Gasteiger partial charge in [-0.1, -0.05) is 53.4 Å². The van der Waals surface area contributed by atoms with E-state index >= 15 is 0 Å². The monoisotopic (exact) mass is 344 g/mol. The van der Waals surface area contributed by atoms with Crippen LogP contribution in [0.3, 0.4) is 0 Å². The smallest absolute Gasteiger partial charge is 0.290 e. The van der Waals surface area contributed by atoms with Crippen LogP contribution in [-0.2, 0) is 4.79 Å². The van der Waals surface area contributed by atoms with Crippen molar-refractivity contribution >= 4 is 6.47 Å². The molecular formula is C21H46NO2+. The number of hydrogen-bond donors (Lipinski definition) is 1. The van der Waals surface area contributed by atoms with Crippen molar-refractivity contribution in [1.82, 2.24) is 0 Å². The van der Waals surface area contributed by atoms with Crippen molar-refractivity contribution < 1.29 is 14.4 Å². The Morgan fingerprint density at radius 3 is 0.958 bits per heavy atom. The lowest BCUT2D eigenvalue weighted by atomic mass is 10.1. The lowest BCUT2D eigenvalue weighted by molar-refractivity contribution is -0.929. The van der Waals surface area contributed by atoms with Gasteiger partial charge in [-0.2, -0.15) is 0 Å². The van der Waals surface area contributed by atoms with E-state index in [4.69, 9.17) is 9.90 Å². The van der Waals surface area contributed by atoms with E-state index in [1.807, 2.05) is 0 Å². The van der Waals surface area contributed by atoms with Crippen molar-refractivity contribution in [2.45, 2.75) is 105 Å². The summed E-state index contributed by atoms with van der Waals surface area (Å²) in [4.78, 5) is 8.36. The molecule has 0 aromatic carbocycles. The molecule has 0 saturated heterocycles. The molecule has 0 aliphatic heterocycles. The van der Waals surface area contributed by atoms with E-state index in [-0.39, 0.29) is 6.47 Å². The third-order valence-corrected chi connectivity index (χ3v) is 4.94. The minimum Gasteiger partial charge on any atom is -0.483 e. The molecule has 0 aromatic rings. The zero-order chi connectivity index (χ0) is 18.5. The quantitative estimate of drug-likeness (QED) is 0.204. The van der Waals surface area contributed by atoms with Gasteiger partial charge in [0.2, 0.25) is 0 Å². The first-order valence-corrected chi connectivity index (χ1v) is 10.6. The highest BCUT2D eigenvalue weighted by molar-refractivity contribution is 5.32. The Hall–Kier alpha value is -0.570. The zero-order valence-corrected chi connectivity index (χ0v) is 17.2. The highest BCUT2D eigenvalue weighted by atomic mass is 16.3. The largest absolute Gasteiger partial charge is 0.483 e. The average Bonchev–Trinajstić information content (AvgIpc) is 2.56. The lowest BCUT2D eigenvalue weighted by Gasteiger charge is -2.39. The molecule has 0 aliphatic rings. The maximum atomic E-state index is 8.36. The van der Waals surface area contributed by atoms with Gasteiger partial charge in [0.05, 0.1) is 26.2 Å². The molecule has 0 rings (SSSR count). The van der Waals surface area contributed by atoms with Crippen LogP contribution in [0.25, 0.3) is 0 Å². The molecule has 0 radical (unpaired) electrons. The molecule has 0 unspecified atom stereocenters. The normalized spacial score (nSPS) is 11.0. The molecule has 0 aromatic heterocycles. The number of rotatable bonds is 16. The summed E-state index contributed by atoms with van der Waals surface area (Å²) in [6.07, 6.45) is 16.9. The standard InChI is InChI=1S/C20H44N.CH2O2/c1-5-9-13-17-21(18-14-10-6-2,19-15-11-7-3)20-16-12-8-4;2-1-3/h5-20H2,1-4H3;1H,(H,2,3)/q+1;. The molecule has 0 fully saturated rings. The molecule has 0 aliphatic carbocycles. The third kappa shape index (κ3) is 16.3. The topological polar surface area (TPSA) is 37.3 Å². The van der Waals surface area contributed by atoms with Gasteiger partial charge in [-0.25, -0.2) is 0 Å². The molecule has 1 N–H and O–H groups in total. The van der Waals surface area contributed by atoms with E-state index in [1.165, 1.54) is 108 Å². The van der Waals surface area contributed by atoms with Crippen LogP contribution in [0.4, 0.5) is 0 Å². The average molecular weight is 345 g/mol. The van der Waals surface area contributed by atoms with Crippen LogP contribution >= 0.6 is 0 Å². The van der Waals surface area contributed by atoms with Gasteiger partial charge in [0.1, 0.15) is 0 Å². The first-order chi connectivity index (χ1) is 11.7. The van der Waals surface area contributed by atoms with Crippen LogP contribution in [0.15, 0.2) is 0 Å². The van der Waals surface area contributed by atoms with Crippen molar-refractivity contribution in [1.29, 1.82) is 0 Å². The fraction of sp³-hybridized carbons (Fsp3) is 0.952.